The lowest BCUT2D eigenvalue weighted by molar-refractivity contribution is -0.899. The van der Waals surface area contributed by atoms with Crippen LogP contribution in [0.2, 0.25) is 0 Å². The fraction of sp³-hybridized carbons (Fsp3) is 0.429. The van der Waals surface area contributed by atoms with Gasteiger partial charge in [0.25, 0.3) is 5.91 Å². The Morgan fingerprint density at radius 2 is 2.15 bits per heavy atom. The third-order valence-electron chi connectivity index (χ3n) is 3.58. The van der Waals surface area contributed by atoms with Crippen molar-refractivity contribution >= 4 is 17.5 Å². The zero-order valence-corrected chi connectivity index (χ0v) is 11.2. The van der Waals surface area contributed by atoms with Crippen molar-refractivity contribution in [2.45, 2.75) is 12.8 Å². The van der Waals surface area contributed by atoms with Gasteiger partial charge < -0.3 is 16.0 Å². The highest BCUT2D eigenvalue weighted by Crippen LogP contribution is 2.11. The van der Waals surface area contributed by atoms with Crippen LogP contribution in [0.5, 0.6) is 0 Å². The van der Waals surface area contributed by atoms with Gasteiger partial charge >= 0.3 is 0 Å². The van der Waals surface area contributed by atoms with Crippen LogP contribution in [-0.2, 0) is 9.59 Å². The number of halogens is 1. The number of rotatable bonds is 4. The maximum Gasteiger partial charge on any atom is 0.279 e. The van der Waals surface area contributed by atoms with Crippen molar-refractivity contribution in [2.24, 2.45) is 11.7 Å². The Morgan fingerprint density at radius 1 is 1.40 bits per heavy atom. The Kier molecular flexibility index (Phi) is 4.68. The molecule has 1 unspecified atom stereocenters. The lowest BCUT2D eigenvalue weighted by Gasteiger charge is -2.27. The first-order chi connectivity index (χ1) is 9.56. The fourth-order valence-corrected chi connectivity index (χ4v) is 2.54. The largest absolute Gasteiger partial charge is 0.369 e. The third kappa shape index (κ3) is 3.77. The molecule has 2 rings (SSSR count). The topological polar surface area (TPSA) is 76.6 Å². The Hall–Kier alpha value is -1.95. The maximum atomic E-state index is 13.4. The molecule has 4 N–H and O–H groups in total. The smallest absolute Gasteiger partial charge is 0.279 e. The number of hydrogen-bond donors (Lipinski definition) is 3. The Bertz CT molecular complexity index is 507. The third-order valence-corrected chi connectivity index (χ3v) is 3.58. The van der Waals surface area contributed by atoms with E-state index >= 15 is 0 Å². The molecular formula is C14H19FN3O2+. The summed E-state index contributed by atoms with van der Waals surface area (Å²) in [7, 11) is 0. The van der Waals surface area contributed by atoms with Crippen LogP contribution in [0.15, 0.2) is 24.3 Å². The molecule has 0 radical (unpaired) electrons. The number of hydrogen-bond acceptors (Lipinski definition) is 2. The summed E-state index contributed by atoms with van der Waals surface area (Å²) in [5.41, 5.74) is 5.48. The van der Waals surface area contributed by atoms with Gasteiger partial charge in [0.1, 0.15) is 5.82 Å². The number of primary amides is 1. The predicted octanol–water partition coefficient (Wildman–Crippen LogP) is -0.456. The second-order valence-electron chi connectivity index (χ2n) is 5.15. The molecule has 1 aromatic rings. The lowest BCUT2D eigenvalue weighted by Crippen LogP contribution is -3.14. The van der Waals surface area contributed by atoms with Crippen molar-refractivity contribution in [1.82, 2.24) is 0 Å². The summed E-state index contributed by atoms with van der Waals surface area (Å²) < 4.78 is 13.4. The molecule has 20 heavy (non-hydrogen) atoms. The van der Waals surface area contributed by atoms with Crippen LogP contribution in [0.25, 0.3) is 0 Å². The average Bonchev–Trinajstić information content (AvgIpc) is 2.41. The summed E-state index contributed by atoms with van der Waals surface area (Å²) in [5.74, 6) is -1.18. The van der Waals surface area contributed by atoms with E-state index in [1.807, 2.05) is 0 Å². The summed E-state index contributed by atoms with van der Waals surface area (Å²) in [4.78, 5) is 24.1. The van der Waals surface area contributed by atoms with Gasteiger partial charge in [-0.15, -0.1) is 0 Å². The number of anilines is 1. The quantitative estimate of drug-likeness (QED) is 0.698. The molecule has 2 amide bonds. The highest BCUT2D eigenvalue weighted by molar-refractivity contribution is 5.91. The van der Waals surface area contributed by atoms with E-state index < -0.39 is 5.82 Å². The number of piperidine rings is 1. The molecule has 0 aliphatic carbocycles. The van der Waals surface area contributed by atoms with Crippen LogP contribution in [0.3, 0.4) is 0 Å². The Balaban J connectivity index is 1.88. The summed E-state index contributed by atoms with van der Waals surface area (Å²) in [6.45, 7) is 1.62. The zero-order valence-electron chi connectivity index (χ0n) is 11.2. The molecule has 0 bridgehead atoms. The first-order valence-corrected chi connectivity index (χ1v) is 6.73. The van der Waals surface area contributed by atoms with Gasteiger partial charge in [-0.1, -0.05) is 12.1 Å². The van der Waals surface area contributed by atoms with Crippen molar-refractivity contribution in [1.29, 1.82) is 0 Å². The zero-order chi connectivity index (χ0) is 14.5. The monoisotopic (exact) mass is 280 g/mol. The van der Waals surface area contributed by atoms with Gasteiger partial charge in [-0.05, 0) is 25.0 Å². The molecule has 2 atom stereocenters. The van der Waals surface area contributed by atoms with E-state index in [2.05, 4.69) is 5.32 Å². The number of carbonyl (C=O) groups is 2. The fourth-order valence-electron chi connectivity index (χ4n) is 2.54. The van der Waals surface area contributed by atoms with Crippen LogP contribution >= 0.6 is 0 Å². The molecule has 0 spiro atoms. The van der Waals surface area contributed by atoms with Crippen molar-refractivity contribution in [2.75, 3.05) is 25.0 Å². The van der Waals surface area contributed by atoms with Crippen molar-refractivity contribution in [3.8, 4) is 0 Å². The number of amides is 2. The molecule has 1 aliphatic heterocycles. The number of nitrogens with one attached hydrogen (secondary N) is 2. The van der Waals surface area contributed by atoms with Gasteiger partial charge in [-0.3, -0.25) is 9.59 Å². The minimum Gasteiger partial charge on any atom is -0.369 e. The van der Waals surface area contributed by atoms with E-state index in [9.17, 15) is 14.0 Å². The van der Waals surface area contributed by atoms with Crippen LogP contribution in [0.4, 0.5) is 10.1 Å². The van der Waals surface area contributed by atoms with Gasteiger partial charge in [-0.2, -0.15) is 0 Å². The van der Waals surface area contributed by atoms with Crippen LogP contribution < -0.4 is 16.0 Å². The number of nitrogens with two attached hydrogens (primary N) is 1. The minimum atomic E-state index is -0.454. The summed E-state index contributed by atoms with van der Waals surface area (Å²) in [5, 5.41) is 2.55. The van der Waals surface area contributed by atoms with Gasteiger partial charge in [0.15, 0.2) is 6.54 Å². The van der Waals surface area contributed by atoms with E-state index in [1.165, 1.54) is 12.1 Å². The molecule has 0 saturated carbocycles. The van der Waals surface area contributed by atoms with E-state index in [1.54, 1.807) is 12.1 Å². The number of quaternary nitrogens is 1. The van der Waals surface area contributed by atoms with Gasteiger partial charge in [0.05, 0.1) is 24.7 Å². The predicted molar refractivity (Wildman–Crippen MR) is 72.5 cm³/mol. The van der Waals surface area contributed by atoms with E-state index in [0.717, 1.165) is 24.3 Å². The molecule has 0 aromatic heterocycles. The molecule has 1 aliphatic rings. The lowest BCUT2D eigenvalue weighted by atomic mass is 9.97. The molecule has 1 aromatic carbocycles. The minimum absolute atomic E-state index is 0.167. The normalized spacial score (nSPS) is 22.2. The van der Waals surface area contributed by atoms with Gasteiger partial charge in [0.2, 0.25) is 5.91 Å². The van der Waals surface area contributed by atoms with E-state index in [0.29, 0.717) is 6.54 Å². The van der Waals surface area contributed by atoms with E-state index in [-0.39, 0.29) is 30.0 Å². The number of para-hydroxylation sites is 1. The summed E-state index contributed by atoms with van der Waals surface area (Å²) in [6.07, 6.45) is 1.66. The molecule has 108 valence electrons. The number of carbonyl (C=O) groups excluding carboxylic acids is 2. The van der Waals surface area contributed by atoms with Crippen LogP contribution in [0, 0.1) is 11.7 Å². The van der Waals surface area contributed by atoms with Crippen molar-refractivity contribution < 1.29 is 18.9 Å². The first-order valence-electron chi connectivity index (χ1n) is 6.73. The van der Waals surface area contributed by atoms with E-state index in [4.69, 9.17) is 5.73 Å². The second kappa shape index (κ2) is 6.47. The average molecular weight is 280 g/mol. The maximum absolute atomic E-state index is 13.4. The Morgan fingerprint density at radius 3 is 2.85 bits per heavy atom. The second-order valence-corrected chi connectivity index (χ2v) is 5.15. The highest BCUT2D eigenvalue weighted by atomic mass is 19.1. The van der Waals surface area contributed by atoms with Crippen molar-refractivity contribution in [3.63, 3.8) is 0 Å². The molecule has 6 heteroatoms. The Labute approximate surface area is 116 Å². The SMILES string of the molecule is NC(=O)[C@@H]1CCC[NH+](CC(=O)Nc2ccccc2F)C1. The molecule has 1 fully saturated rings. The first kappa shape index (κ1) is 14.5. The molecule has 1 heterocycles. The standard InChI is InChI=1S/C14H18FN3O2/c15-11-5-1-2-6-12(11)17-13(19)9-18-7-3-4-10(8-18)14(16)20/h1-2,5-6,10H,3-4,7-9H2,(H2,16,20)(H,17,19)/p+1/t10-/m1/s1. The van der Waals surface area contributed by atoms with Gasteiger partial charge in [0, 0.05) is 0 Å². The van der Waals surface area contributed by atoms with Crippen LogP contribution in [0.1, 0.15) is 12.8 Å². The molecule has 5 nitrogen and oxygen atoms in total. The van der Waals surface area contributed by atoms with Gasteiger partial charge in [-0.25, -0.2) is 4.39 Å². The number of benzene rings is 1. The van der Waals surface area contributed by atoms with Crippen LogP contribution in [-0.4, -0.2) is 31.4 Å². The summed E-state index contributed by atoms with van der Waals surface area (Å²) >= 11 is 0. The van der Waals surface area contributed by atoms with Crippen molar-refractivity contribution in [3.05, 3.63) is 30.1 Å². The summed E-state index contributed by atoms with van der Waals surface area (Å²) in [6, 6.07) is 6.05. The number of likely N-dealkylation sites (tertiary alicyclic amines) is 1. The molecular weight excluding hydrogens is 261 g/mol. The molecule has 1 saturated heterocycles. The highest BCUT2D eigenvalue weighted by Gasteiger charge is 2.28.